The van der Waals surface area contributed by atoms with Crippen molar-refractivity contribution in [2.45, 2.75) is 5.92 Å². The Morgan fingerprint density at radius 1 is 0.735 bits per heavy atom. The van der Waals surface area contributed by atoms with E-state index < -0.39 is 45.1 Å². The highest BCUT2D eigenvalue weighted by Gasteiger charge is 2.46. The van der Waals surface area contributed by atoms with E-state index in [1.807, 2.05) is 0 Å². The summed E-state index contributed by atoms with van der Waals surface area (Å²) in [6.45, 7) is 0. The normalized spacial score (nSPS) is 18.9. The molecule has 2 aliphatic carbocycles. The number of carbonyl (C=O) groups excluding carboxylic acids is 3. The van der Waals surface area contributed by atoms with Gasteiger partial charge in [-0.3, -0.25) is 14.4 Å². The molecular weight excluding hydrogens is 464 g/mol. The Hall–Kier alpha value is -3.54. The van der Waals surface area contributed by atoms with Crippen LogP contribution in [-0.2, 0) is 0 Å². The van der Waals surface area contributed by atoms with E-state index in [1.165, 1.54) is 18.2 Å². The summed E-state index contributed by atoms with van der Waals surface area (Å²) in [5.74, 6) is -2.97. The number of fused-ring (bicyclic) bond motifs is 2. The number of halogens is 1. The Morgan fingerprint density at radius 2 is 1.24 bits per heavy atom. The zero-order valence-corrected chi connectivity index (χ0v) is 17.9. The van der Waals surface area contributed by atoms with Crippen LogP contribution in [0.3, 0.4) is 0 Å². The summed E-state index contributed by atoms with van der Waals surface area (Å²) >= 11 is 6.14. The van der Waals surface area contributed by atoms with Crippen molar-refractivity contribution < 1.29 is 35.3 Å². The number of allylic oxidation sites excluding steroid dienone is 2. The van der Waals surface area contributed by atoms with Crippen molar-refractivity contribution in [3.05, 3.63) is 109 Å². The number of rotatable bonds is 3. The van der Waals surface area contributed by atoms with Gasteiger partial charge in [0.25, 0.3) is 0 Å². The first kappa shape index (κ1) is 22.3. The molecule has 0 fully saturated rings. The maximum Gasteiger partial charge on any atom is 0.198 e. The monoisotopic (exact) mass is 478 g/mol. The Labute approximate surface area is 196 Å². The minimum Gasteiger partial charge on any atom is -0.595 e. The molecule has 34 heavy (non-hydrogen) atoms. The number of hydrogen-bond donors (Lipinski definition) is 4. The van der Waals surface area contributed by atoms with Crippen molar-refractivity contribution in [3.8, 4) is 0 Å². The third-order valence-electron chi connectivity index (χ3n) is 6.08. The molecule has 0 amide bonds. The summed E-state index contributed by atoms with van der Waals surface area (Å²) in [4.78, 5) is 40.2. The molecule has 0 saturated carbocycles. The van der Waals surface area contributed by atoms with Crippen LogP contribution in [0.25, 0.3) is 5.57 Å². The third kappa shape index (κ3) is 3.16. The molecule has 3 aromatic carbocycles. The van der Waals surface area contributed by atoms with Crippen molar-refractivity contribution in [1.82, 2.24) is 0 Å². The van der Waals surface area contributed by atoms with Crippen molar-refractivity contribution in [2.24, 2.45) is 0 Å². The summed E-state index contributed by atoms with van der Waals surface area (Å²) in [7, 11) is 0. The second-order valence-electron chi connectivity index (χ2n) is 7.86. The van der Waals surface area contributed by atoms with Gasteiger partial charge in [0, 0.05) is 22.3 Å². The predicted octanol–water partition coefficient (Wildman–Crippen LogP) is 1.96. The summed E-state index contributed by atoms with van der Waals surface area (Å²) in [6.07, 6.45) is 0. The molecule has 0 aliphatic heterocycles. The minimum absolute atomic E-state index is 0.0911. The molecule has 2 unspecified atom stereocenters. The molecule has 170 valence electrons. The lowest BCUT2D eigenvalue weighted by Crippen LogP contribution is -3.01. The lowest BCUT2D eigenvalue weighted by molar-refractivity contribution is -0.996. The van der Waals surface area contributed by atoms with Gasteiger partial charge in [-0.15, -0.1) is 0 Å². The van der Waals surface area contributed by atoms with Crippen LogP contribution in [-0.4, -0.2) is 27.8 Å². The SMILES string of the molecule is O=C1C(=C2c3ccccc3C(=O)[C@@H]2c2cc(Cl)c([NH+]([O-])O)cc2[NH+]([O-])O)C(=O)c2ccccc21. The number of nitrogens with one attached hydrogen (secondary N) is 2. The lowest BCUT2D eigenvalue weighted by atomic mass is 9.85. The van der Waals surface area contributed by atoms with Crippen LogP contribution in [0.1, 0.15) is 48.1 Å². The molecule has 0 saturated heterocycles. The van der Waals surface area contributed by atoms with E-state index in [-0.39, 0.29) is 38.4 Å². The molecule has 5 rings (SSSR count). The van der Waals surface area contributed by atoms with Crippen LogP contribution in [0.4, 0.5) is 11.4 Å². The molecule has 0 spiro atoms. The lowest BCUT2D eigenvalue weighted by Gasteiger charge is -2.23. The number of ketones is 3. The van der Waals surface area contributed by atoms with Gasteiger partial charge >= 0.3 is 0 Å². The first-order valence-electron chi connectivity index (χ1n) is 10.1. The highest BCUT2D eigenvalue weighted by molar-refractivity contribution is 6.44. The second-order valence-corrected chi connectivity index (χ2v) is 8.27. The van der Waals surface area contributed by atoms with Crippen LogP contribution in [0, 0.1) is 10.4 Å². The number of benzene rings is 3. The largest absolute Gasteiger partial charge is 0.595 e. The van der Waals surface area contributed by atoms with Gasteiger partial charge in [-0.1, -0.05) is 60.1 Å². The first-order valence-corrected chi connectivity index (χ1v) is 10.5. The average molecular weight is 479 g/mol. The zero-order chi connectivity index (χ0) is 24.3. The van der Waals surface area contributed by atoms with Gasteiger partial charge in [0.2, 0.25) is 0 Å². The highest BCUT2D eigenvalue weighted by Crippen LogP contribution is 2.49. The summed E-state index contributed by atoms with van der Waals surface area (Å²) < 4.78 is 0. The van der Waals surface area contributed by atoms with Crippen LogP contribution in [0.5, 0.6) is 0 Å². The molecular formula is C24H15ClN2O7. The van der Waals surface area contributed by atoms with Gasteiger partial charge in [-0.05, 0) is 17.2 Å². The topological polar surface area (TPSA) is 147 Å². The predicted molar refractivity (Wildman–Crippen MR) is 119 cm³/mol. The van der Waals surface area contributed by atoms with Crippen molar-refractivity contribution in [3.63, 3.8) is 0 Å². The Bertz CT molecular complexity index is 1410. The molecule has 0 radical (unpaired) electrons. The molecule has 4 N–H and O–H groups in total. The number of carbonyl (C=O) groups is 3. The Balaban J connectivity index is 1.84. The molecule has 0 aromatic heterocycles. The Kier molecular flexibility index (Phi) is 5.27. The zero-order valence-electron chi connectivity index (χ0n) is 17.2. The average Bonchev–Trinajstić information content (AvgIpc) is 3.23. The van der Waals surface area contributed by atoms with E-state index in [9.17, 15) is 35.2 Å². The van der Waals surface area contributed by atoms with E-state index in [4.69, 9.17) is 11.6 Å². The van der Waals surface area contributed by atoms with E-state index in [0.29, 0.717) is 5.56 Å². The van der Waals surface area contributed by atoms with E-state index in [0.717, 1.165) is 12.1 Å². The fourth-order valence-corrected chi connectivity index (χ4v) is 4.88. The van der Waals surface area contributed by atoms with Crippen molar-refractivity contribution in [2.75, 3.05) is 0 Å². The molecule has 2 aliphatic rings. The maximum atomic E-state index is 13.5. The van der Waals surface area contributed by atoms with E-state index in [2.05, 4.69) is 0 Å². The quantitative estimate of drug-likeness (QED) is 0.255. The van der Waals surface area contributed by atoms with Crippen LogP contribution in [0.15, 0.2) is 66.2 Å². The van der Waals surface area contributed by atoms with Gasteiger partial charge in [0.1, 0.15) is 5.02 Å². The maximum absolute atomic E-state index is 13.5. The Morgan fingerprint density at radius 3 is 1.76 bits per heavy atom. The third-order valence-corrected chi connectivity index (χ3v) is 6.40. The summed E-state index contributed by atoms with van der Waals surface area (Å²) in [5, 5.41) is 39.6. The number of quaternary nitrogens is 2. The molecule has 3 aromatic rings. The van der Waals surface area contributed by atoms with Crippen LogP contribution >= 0.6 is 11.6 Å². The van der Waals surface area contributed by atoms with Gasteiger partial charge in [0.15, 0.2) is 28.7 Å². The van der Waals surface area contributed by atoms with E-state index >= 15 is 0 Å². The molecule has 0 bridgehead atoms. The van der Waals surface area contributed by atoms with Gasteiger partial charge in [0.05, 0.1) is 17.6 Å². The van der Waals surface area contributed by atoms with Gasteiger partial charge in [-0.2, -0.15) is 10.5 Å². The molecule has 3 atom stereocenters. The highest BCUT2D eigenvalue weighted by atomic mass is 35.5. The van der Waals surface area contributed by atoms with Gasteiger partial charge < -0.3 is 10.4 Å². The minimum atomic E-state index is -1.48. The number of hydrogen-bond acceptors (Lipinski definition) is 7. The second kappa shape index (κ2) is 8.05. The van der Waals surface area contributed by atoms with Gasteiger partial charge in [-0.25, -0.2) is 10.4 Å². The summed E-state index contributed by atoms with van der Waals surface area (Å²) in [6, 6.07) is 14.7. The summed E-state index contributed by atoms with van der Waals surface area (Å²) in [5.41, 5.74) is -0.151. The van der Waals surface area contributed by atoms with Crippen molar-refractivity contribution >= 4 is 45.9 Å². The molecule has 0 heterocycles. The molecule has 10 heteroatoms. The first-order chi connectivity index (χ1) is 16.2. The number of Topliss-reactive ketones (excluding diaryl/α,β-unsaturated/α-hetero) is 3. The van der Waals surface area contributed by atoms with E-state index in [1.54, 1.807) is 30.3 Å². The van der Waals surface area contributed by atoms with Crippen molar-refractivity contribution in [1.29, 1.82) is 0 Å². The standard InChI is InChI=1S/C24H15ClN2O7/c25-16-9-15(17(26(31)32)10-18(16)27(33)34)20-19(11-5-1-2-6-12(11)22(20)28)21-23(29)13-7-3-4-8-14(13)24(21)30/h1-10,20,26-27,31,33H/t20-/m1/s1. The fraction of sp³-hybridized carbons (Fsp3) is 0.0417. The van der Waals surface area contributed by atoms with Crippen LogP contribution in [0.2, 0.25) is 5.02 Å². The molecule has 9 nitrogen and oxygen atoms in total. The smallest absolute Gasteiger partial charge is 0.198 e. The van der Waals surface area contributed by atoms with Crippen LogP contribution < -0.4 is 10.5 Å². The fourth-order valence-electron chi connectivity index (χ4n) is 4.62.